The first kappa shape index (κ1) is 7.91. The van der Waals surface area contributed by atoms with E-state index in [-0.39, 0.29) is 11.3 Å². The van der Waals surface area contributed by atoms with Gasteiger partial charge in [0.2, 0.25) is 5.91 Å². The molecule has 2 atom stereocenters. The Labute approximate surface area is 73.9 Å². The molecule has 1 amide bonds. The lowest BCUT2D eigenvalue weighted by molar-refractivity contribution is -0.163. The van der Waals surface area contributed by atoms with Crippen molar-refractivity contribution in [1.29, 1.82) is 0 Å². The highest BCUT2D eigenvalue weighted by Crippen LogP contribution is 2.45. The number of carboxylic acids is 1. The first-order valence-electron chi connectivity index (χ1n) is 3.73. The van der Waals surface area contributed by atoms with Crippen molar-refractivity contribution >= 4 is 23.6 Å². The molecule has 4 nitrogen and oxygen atoms in total. The van der Waals surface area contributed by atoms with E-state index < -0.39 is 11.5 Å². The molecule has 2 saturated heterocycles. The van der Waals surface area contributed by atoms with E-state index in [9.17, 15) is 9.59 Å². The van der Waals surface area contributed by atoms with E-state index in [2.05, 4.69) is 0 Å². The van der Waals surface area contributed by atoms with Crippen molar-refractivity contribution in [3.05, 3.63) is 0 Å². The Balaban J connectivity index is 2.28. The molecule has 2 rings (SSSR count). The summed E-state index contributed by atoms with van der Waals surface area (Å²) in [5, 5.41) is 9.03. The maximum atomic E-state index is 11.1. The van der Waals surface area contributed by atoms with Gasteiger partial charge in [0.15, 0.2) is 0 Å². The zero-order valence-corrected chi connectivity index (χ0v) is 7.43. The Bertz CT molecular complexity index is 267. The number of fused-ring (bicyclic) bond motifs is 1. The lowest BCUT2D eigenvalue weighted by Gasteiger charge is -2.41. The van der Waals surface area contributed by atoms with Crippen LogP contribution in [-0.4, -0.2) is 38.5 Å². The third kappa shape index (κ3) is 0.744. The van der Waals surface area contributed by atoms with Crippen molar-refractivity contribution in [3.63, 3.8) is 0 Å². The zero-order valence-electron chi connectivity index (χ0n) is 6.61. The number of hydrogen-bond acceptors (Lipinski definition) is 3. The second-order valence-electron chi connectivity index (χ2n) is 3.31. The van der Waals surface area contributed by atoms with Crippen LogP contribution < -0.4 is 0 Å². The summed E-state index contributed by atoms with van der Waals surface area (Å²) < 4.78 is 0. The second kappa shape index (κ2) is 2.16. The van der Waals surface area contributed by atoms with Crippen LogP contribution in [0.25, 0.3) is 0 Å². The molecule has 0 aliphatic carbocycles. The summed E-state index contributed by atoms with van der Waals surface area (Å²) in [5.74, 6) is -0.417. The normalized spacial score (nSPS) is 39.2. The molecular formula is C7H9NO3S. The van der Waals surface area contributed by atoms with E-state index in [0.717, 1.165) is 0 Å². The molecule has 0 aromatic carbocycles. The number of carbonyl (C=O) groups excluding carboxylic acids is 1. The summed E-state index contributed by atoms with van der Waals surface area (Å²) in [7, 11) is 0. The predicted molar refractivity (Wildman–Crippen MR) is 43.7 cm³/mol. The number of β-lactam (4-membered cyclic amide) rings is 1. The fourth-order valence-corrected chi connectivity index (χ4v) is 3.15. The number of nitrogens with zero attached hydrogens (tertiary/aromatic N) is 1. The number of carboxylic acid groups (broad SMARTS) is 1. The van der Waals surface area contributed by atoms with Gasteiger partial charge >= 0.3 is 5.97 Å². The van der Waals surface area contributed by atoms with Gasteiger partial charge in [-0.05, 0) is 6.92 Å². The Hall–Kier alpha value is -0.710. The first-order chi connectivity index (χ1) is 5.55. The van der Waals surface area contributed by atoms with Crippen molar-refractivity contribution < 1.29 is 14.7 Å². The third-order valence-electron chi connectivity index (χ3n) is 2.46. The van der Waals surface area contributed by atoms with Gasteiger partial charge in [-0.2, -0.15) is 0 Å². The SMILES string of the molecule is CC1(C(=O)O)CSC2CC(=O)N21. The van der Waals surface area contributed by atoms with Crippen molar-refractivity contribution in [2.24, 2.45) is 0 Å². The molecule has 0 aromatic heterocycles. The molecule has 5 heteroatoms. The summed E-state index contributed by atoms with van der Waals surface area (Å²) in [6.07, 6.45) is 0.507. The number of hydrogen-bond donors (Lipinski definition) is 1. The topological polar surface area (TPSA) is 57.6 Å². The van der Waals surface area contributed by atoms with Gasteiger partial charge in [-0.15, -0.1) is 11.8 Å². The van der Waals surface area contributed by atoms with Crippen LogP contribution in [0.1, 0.15) is 13.3 Å². The molecule has 2 heterocycles. The van der Waals surface area contributed by atoms with Crippen LogP contribution in [0.4, 0.5) is 0 Å². The van der Waals surface area contributed by atoms with E-state index in [4.69, 9.17) is 5.11 Å². The molecule has 66 valence electrons. The highest BCUT2D eigenvalue weighted by Gasteiger charge is 2.57. The molecule has 0 aromatic rings. The van der Waals surface area contributed by atoms with Crippen molar-refractivity contribution in [1.82, 2.24) is 4.90 Å². The maximum Gasteiger partial charge on any atom is 0.330 e. The predicted octanol–water partition coefficient (Wildman–Crippen LogP) is 0.135. The molecule has 0 bridgehead atoms. The Kier molecular flexibility index (Phi) is 1.42. The zero-order chi connectivity index (χ0) is 8.93. The number of rotatable bonds is 1. The van der Waals surface area contributed by atoms with E-state index in [1.807, 2.05) is 0 Å². The largest absolute Gasteiger partial charge is 0.479 e. The van der Waals surface area contributed by atoms with Crippen LogP contribution >= 0.6 is 11.8 Å². The molecule has 0 radical (unpaired) electrons. The molecule has 2 unspecified atom stereocenters. The van der Waals surface area contributed by atoms with Crippen LogP contribution in [0.15, 0.2) is 0 Å². The summed E-state index contributed by atoms with van der Waals surface area (Å²) in [6.45, 7) is 1.61. The summed E-state index contributed by atoms with van der Waals surface area (Å²) in [6, 6.07) is 0. The Morgan fingerprint density at radius 1 is 1.83 bits per heavy atom. The molecule has 2 aliphatic heterocycles. The smallest absolute Gasteiger partial charge is 0.330 e. The highest BCUT2D eigenvalue weighted by atomic mass is 32.2. The number of aliphatic carboxylic acids is 1. The molecule has 1 N–H and O–H groups in total. The molecule has 0 spiro atoms. The van der Waals surface area contributed by atoms with E-state index >= 15 is 0 Å². The minimum Gasteiger partial charge on any atom is -0.479 e. The average Bonchev–Trinajstić information content (AvgIpc) is 2.22. The number of thioether (sulfide) groups is 1. The van der Waals surface area contributed by atoms with E-state index in [0.29, 0.717) is 12.2 Å². The molecular weight excluding hydrogens is 178 g/mol. The Morgan fingerprint density at radius 2 is 2.50 bits per heavy atom. The third-order valence-corrected chi connectivity index (χ3v) is 3.95. The van der Waals surface area contributed by atoms with Gasteiger partial charge in [0.25, 0.3) is 0 Å². The van der Waals surface area contributed by atoms with Gasteiger partial charge in [-0.1, -0.05) is 0 Å². The highest BCUT2D eigenvalue weighted by molar-refractivity contribution is 8.00. The Morgan fingerprint density at radius 3 is 2.92 bits per heavy atom. The quantitative estimate of drug-likeness (QED) is 0.593. The van der Waals surface area contributed by atoms with Gasteiger partial charge in [-0.25, -0.2) is 4.79 Å². The van der Waals surface area contributed by atoms with Crippen LogP contribution in [0.3, 0.4) is 0 Å². The lowest BCUT2D eigenvalue weighted by atomic mass is 9.98. The van der Waals surface area contributed by atoms with Gasteiger partial charge < -0.3 is 10.0 Å². The van der Waals surface area contributed by atoms with Crippen LogP contribution in [0.2, 0.25) is 0 Å². The minimum absolute atomic E-state index is 0.0325. The fraction of sp³-hybridized carbons (Fsp3) is 0.714. The first-order valence-corrected chi connectivity index (χ1v) is 4.78. The van der Waals surface area contributed by atoms with Crippen LogP contribution in [-0.2, 0) is 9.59 Å². The standard InChI is InChI=1S/C7H9NO3S/c1-7(6(10)11)3-12-5-2-4(9)8(5)7/h5H,2-3H2,1H3,(H,10,11). The summed E-state index contributed by atoms with van der Waals surface area (Å²) >= 11 is 1.56. The van der Waals surface area contributed by atoms with Gasteiger partial charge in [0.1, 0.15) is 5.54 Å². The summed E-state index contributed by atoms with van der Waals surface area (Å²) in [4.78, 5) is 23.4. The number of amides is 1. The van der Waals surface area contributed by atoms with E-state index in [1.165, 1.54) is 4.90 Å². The lowest BCUT2D eigenvalue weighted by Crippen LogP contribution is -2.61. The van der Waals surface area contributed by atoms with Gasteiger partial charge in [-0.3, -0.25) is 4.79 Å². The van der Waals surface area contributed by atoms with Gasteiger partial charge in [0.05, 0.1) is 11.8 Å². The molecule has 0 saturated carbocycles. The van der Waals surface area contributed by atoms with Crippen molar-refractivity contribution in [2.45, 2.75) is 24.3 Å². The average molecular weight is 187 g/mol. The summed E-state index contributed by atoms with van der Waals surface area (Å²) in [5.41, 5.74) is -0.954. The molecule has 2 fully saturated rings. The fourth-order valence-electron chi connectivity index (χ4n) is 1.61. The monoisotopic (exact) mass is 187 g/mol. The van der Waals surface area contributed by atoms with E-state index in [1.54, 1.807) is 18.7 Å². The van der Waals surface area contributed by atoms with Crippen molar-refractivity contribution in [3.8, 4) is 0 Å². The number of carbonyl (C=O) groups is 2. The minimum atomic E-state index is -0.954. The van der Waals surface area contributed by atoms with Gasteiger partial charge in [0, 0.05) is 5.75 Å². The van der Waals surface area contributed by atoms with Crippen LogP contribution in [0, 0.1) is 0 Å². The molecule has 2 aliphatic rings. The van der Waals surface area contributed by atoms with Crippen LogP contribution in [0.5, 0.6) is 0 Å². The van der Waals surface area contributed by atoms with Crippen molar-refractivity contribution in [2.75, 3.05) is 5.75 Å². The molecule has 12 heavy (non-hydrogen) atoms. The second-order valence-corrected chi connectivity index (χ2v) is 4.48. The maximum absolute atomic E-state index is 11.1.